The van der Waals surface area contributed by atoms with Gasteiger partial charge in [0, 0.05) is 15.8 Å². The summed E-state index contributed by atoms with van der Waals surface area (Å²) >= 11 is 4.81. The quantitative estimate of drug-likeness (QED) is 0.513. The third-order valence-corrected chi connectivity index (χ3v) is 5.79. The van der Waals surface area contributed by atoms with E-state index in [4.69, 9.17) is 4.74 Å². The number of carbonyl (C=O) groups excluding carboxylic acids is 1. The number of hydrogen-bond acceptors (Lipinski definition) is 5. The van der Waals surface area contributed by atoms with Gasteiger partial charge in [0.1, 0.15) is 11.6 Å². The predicted molar refractivity (Wildman–Crippen MR) is 115 cm³/mol. The Kier molecular flexibility index (Phi) is 6.74. The Morgan fingerprint density at radius 3 is 2.61 bits per heavy atom. The van der Waals surface area contributed by atoms with E-state index < -0.39 is 0 Å². The summed E-state index contributed by atoms with van der Waals surface area (Å²) in [6.45, 7) is 6.45. The van der Waals surface area contributed by atoms with E-state index in [1.54, 1.807) is 0 Å². The van der Waals surface area contributed by atoms with Crippen LogP contribution in [-0.2, 0) is 4.79 Å². The molecule has 1 aromatic heterocycles. The third kappa shape index (κ3) is 4.94. The highest BCUT2D eigenvalue weighted by Crippen LogP contribution is 2.24. The normalized spacial score (nSPS) is 10.7. The van der Waals surface area contributed by atoms with E-state index in [1.165, 1.54) is 11.8 Å². The van der Waals surface area contributed by atoms with Gasteiger partial charge >= 0.3 is 0 Å². The molecule has 0 bridgehead atoms. The number of anilines is 1. The van der Waals surface area contributed by atoms with Gasteiger partial charge in [-0.25, -0.2) is 0 Å². The molecule has 6 nitrogen and oxygen atoms in total. The highest BCUT2D eigenvalue weighted by Gasteiger charge is 2.14. The Balaban J connectivity index is 1.68. The summed E-state index contributed by atoms with van der Waals surface area (Å²) in [5.74, 6) is 1.72. The first-order valence-electron chi connectivity index (χ1n) is 8.82. The maximum Gasteiger partial charge on any atom is 0.234 e. The maximum absolute atomic E-state index is 12.3. The summed E-state index contributed by atoms with van der Waals surface area (Å²) in [7, 11) is 0. The van der Waals surface area contributed by atoms with Crippen molar-refractivity contribution in [3.05, 3.63) is 58.3 Å². The number of aromatic nitrogens is 3. The van der Waals surface area contributed by atoms with Gasteiger partial charge in [-0.05, 0) is 68.8 Å². The number of halogens is 1. The first-order chi connectivity index (χ1) is 13.5. The number of amides is 1. The molecule has 0 saturated heterocycles. The zero-order valence-corrected chi connectivity index (χ0v) is 18.3. The zero-order chi connectivity index (χ0) is 20.1. The van der Waals surface area contributed by atoms with Crippen molar-refractivity contribution < 1.29 is 9.53 Å². The SMILES string of the molecule is CCOc1ccc(-n2c(C)nnc2SCC(=O)Nc2ccc(Br)c(C)c2)cc1. The lowest BCUT2D eigenvalue weighted by Gasteiger charge is -2.10. The van der Waals surface area contributed by atoms with Crippen LogP contribution in [0.4, 0.5) is 5.69 Å². The molecule has 146 valence electrons. The number of thioether (sulfide) groups is 1. The average Bonchev–Trinajstić information content (AvgIpc) is 3.04. The van der Waals surface area contributed by atoms with Crippen LogP contribution in [0.1, 0.15) is 18.3 Å². The molecule has 0 aliphatic heterocycles. The molecule has 8 heteroatoms. The van der Waals surface area contributed by atoms with Crippen LogP contribution in [0.5, 0.6) is 5.75 Å². The van der Waals surface area contributed by atoms with Crippen molar-refractivity contribution in [2.24, 2.45) is 0 Å². The lowest BCUT2D eigenvalue weighted by atomic mass is 10.2. The van der Waals surface area contributed by atoms with Gasteiger partial charge in [-0.3, -0.25) is 9.36 Å². The molecule has 2 aromatic carbocycles. The van der Waals surface area contributed by atoms with Gasteiger partial charge in [-0.2, -0.15) is 0 Å². The predicted octanol–water partition coefficient (Wildman–Crippen LogP) is 4.78. The minimum absolute atomic E-state index is 0.0920. The molecule has 0 aliphatic carbocycles. The smallest absolute Gasteiger partial charge is 0.234 e. The molecule has 0 fully saturated rings. The summed E-state index contributed by atoms with van der Waals surface area (Å²) in [6.07, 6.45) is 0. The fourth-order valence-corrected chi connectivity index (χ4v) is 3.69. The van der Waals surface area contributed by atoms with E-state index in [9.17, 15) is 4.79 Å². The Bertz CT molecular complexity index is 973. The van der Waals surface area contributed by atoms with E-state index in [1.807, 2.05) is 67.8 Å². The molecule has 0 saturated carbocycles. The molecular weight excluding hydrogens is 440 g/mol. The Morgan fingerprint density at radius 1 is 1.18 bits per heavy atom. The molecule has 0 spiro atoms. The van der Waals surface area contributed by atoms with Gasteiger partial charge in [-0.1, -0.05) is 27.7 Å². The summed E-state index contributed by atoms with van der Waals surface area (Å²) in [5.41, 5.74) is 2.77. The van der Waals surface area contributed by atoms with Crippen molar-refractivity contribution in [2.75, 3.05) is 17.7 Å². The maximum atomic E-state index is 12.3. The van der Waals surface area contributed by atoms with Crippen LogP contribution in [-0.4, -0.2) is 33.0 Å². The Labute approximate surface area is 176 Å². The molecule has 0 aliphatic rings. The van der Waals surface area contributed by atoms with E-state index in [2.05, 4.69) is 31.4 Å². The molecule has 28 heavy (non-hydrogen) atoms. The molecular formula is C20H21BrN4O2S. The second-order valence-electron chi connectivity index (χ2n) is 6.09. The summed E-state index contributed by atoms with van der Waals surface area (Å²) in [5, 5.41) is 12.0. The lowest BCUT2D eigenvalue weighted by molar-refractivity contribution is -0.113. The number of aryl methyl sites for hydroxylation is 2. The summed E-state index contributed by atoms with van der Waals surface area (Å²) in [6, 6.07) is 13.5. The van der Waals surface area contributed by atoms with E-state index in [-0.39, 0.29) is 11.7 Å². The topological polar surface area (TPSA) is 69.0 Å². The second kappa shape index (κ2) is 9.25. The van der Waals surface area contributed by atoms with Crippen molar-refractivity contribution in [3.8, 4) is 11.4 Å². The molecule has 0 radical (unpaired) electrons. The molecule has 1 amide bonds. The number of benzene rings is 2. The van der Waals surface area contributed by atoms with E-state index >= 15 is 0 Å². The van der Waals surface area contributed by atoms with Crippen molar-refractivity contribution in [2.45, 2.75) is 25.9 Å². The zero-order valence-electron chi connectivity index (χ0n) is 15.9. The Morgan fingerprint density at radius 2 is 1.93 bits per heavy atom. The van der Waals surface area contributed by atoms with E-state index in [0.717, 1.165) is 33.0 Å². The van der Waals surface area contributed by atoms with Crippen LogP contribution >= 0.6 is 27.7 Å². The first kappa shape index (κ1) is 20.4. The molecule has 1 heterocycles. The van der Waals surface area contributed by atoms with Gasteiger partial charge in [0.05, 0.1) is 12.4 Å². The van der Waals surface area contributed by atoms with Crippen LogP contribution in [0, 0.1) is 13.8 Å². The van der Waals surface area contributed by atoms with Gasteiger partial charge < -0.3 is 10.1 Å². The van der Waals surface area contributed by atoms with Crippen LogP contribution in [0.25, 0.3) is 5.69 Å². The molecule has 0 atom stereocenters. The van der Waals surface area contributed by atoms with Crippen molar-refractivity contribution in [3.63, 3.8) is 0 Å². The third-order valence-electron chi connectivity index (χ3n) is 3.98. The average molecular weight is 461 g/mol. The second-order valence-corrected chi connectivity index (χ2v) is 7.89. The van der Waals surface area contributed by atoms with Crippen LogP contribution in [0.2, 0.25) is 0 Å². The number of carbonyl (C=O) groups is 1. The standard InChI is InChI=1S/C20H21BrN4O2S/c1-4-27-17-8-6-16(7-9-17)25-14(3)23-24-20(25)28-12-19(26)22-15-5-10-18(21)13(2)11-15/h5-11H,4,12H2,1-3H3,(H,22,26). The van der Waals surface area contributed by atoms with Crippen molar-refractivity contribution >= 4 is 39.3 Å². The molecule has 1 N–H and O–H groups in total. The summed E-state index contributed by atoms with van der Waals surface area (Å²) in [4.78, 5) is 12.3. The van der Waals surface area contributed by atoms with Crippen LogP contribution in [0.15, 0.2) is 52.1 Å². The minimum Gasteiger partial charge on any atom is -0.494 e. The van der Waals surface area contributed by atoms with Crippen LogP contribution in [0.3, 0.4) is 0 Å². The number of rotatable bonds is 7. The largest absolute Gasteiger partial charge is 0.494 e. The van der Waals surface area contributed by atoms with E-state index in [0.29, 0.717) is 11.8 Å². The van der Waals surface area contributed by atoms with Crippen molar-refractivity contribution in [1.82, 2.24) is 14.8 Å². The monoisotopic (exact) mass is 460 g/mol. The highest BCUT2D eigenvalue weighted by atomic mass is 79.9. The highest BCUT2D eigenvalue weighted by molar-refractivity contribution is 9.10. The van der Waals surface area contributed by atoms with Gasteiger partial charge in [0.2, 0.25) is 5.91 Å². The molecule has 0 unspecified atom stereocenters. The summed E-state index contributed by atoms with van der Waals surface area (Å²) < 4.78 is 8.43. The molecule has 3 aromatic rings. The lowest BCUT2D eigenvalue weighted by Crippen LogP contribution is -2.14. The Hall–Kier alpha value is -2.32. The minimum atomic E-state index is -0.0920. The van der Waals surface area contributed by atoms with Crippen molar-refractivity contribution in [1.29, 1.82) is 0 Å². The fourth-order valence-electron chi connectivity index (χ4n) is 2.64. The first-order valence-corrected chi connectivity index (χ1v) is 10.6. The van der Waals surface area contributed by atoms with Gasteiger partial charge in [0.15, 0.2) is 5.16 Å². The number of nitrogens with zero attached hydrogens (tertiary/aromatic N) is 3. The fraction of sp³-hybridized carbons (Fsp3) is 0.250. The van der Waals surface area contributed by atoms with Gasteiger partial charge in [-0.15, -0.1) is 10.2 Å². The van der Waals surface area contributed by atoms with Crippen LogP contribution < -0.4 is 10.1 Å². The number of nitrogens with one attached hydrogen (secondary N) is 1. The van der Waals surface area contributed by atoms with Gasteiger partial charge in [0.25, 0.3) is 0 Å². The number of hydrogen-bond donors (Lipinski definition) is 1. The molecule has 3 rings (SSSR count). The number of ether oxygens (including phenoxy) is 1.